The quantitative estimate of drug-likeness (QED) is 0.929. The normalized spacial score (nSPS) is 24.2. The van der Waals surface area contributed by atoms with Crippen molar-refractivity contribution in [3.63, 3.8) is 0 Å². The molecule has 0 bridgehead atoms. The summed E-state index contributed by atoms with van der Waals surface area (Å²) in [6.07, 6.45) is 3.91. The monoisotopic (exact) mass is 287 g/mol. The van der Waals surface area contributed by atoms with E-state index in [-0.39, 0.29) is 11.3 Å². The van der Waals surface area contributed by atoms with Crippen molar-refractivity contribution in [3.8, 4) is 0 Å². The molecule has 2 atom stereocenters. The number of anilines is 1. The summed E-state index contributed by atoms with van der Waals surface area (Å²) >= 11 is 6.07. The summed E-state index contributed by atoms with van der Waals surface area (Å²) in [5.41, 5.74) is 1.92. The first-order valence-corrected chi connectivity index (χ1v) is 8.43. The van der Waals surface area contributed by atoms with Crippen LogP contribution in [-0.4, -0.2) is 26.0 Å². The van der Waals surface area contributed by atoms with Crippen LogP contribution in [0.25, 0.3) is 0 Å². The predicted octanol–water partition coefficient (Wildman–Crippen LogP) is 3.03. The van der Waals surface area contributed by atoms with Crippen LogP contribution in [-0.2, 0) is 9.84 Å². The zero-order valence-electron chi connectivity index (χ0n) is 10.6. The molecule has 0 spiro atoms. The van der Waals surface area contributed by atoms with Crippen LogP contribution in [0.15, 0.2) is 18.2 Å². The Bertz CT molecular complexity index is 542. The second-order valence-corrected chi connectivity index (χ2v) is 7.69. The predicted molar refractivity (Wildman–Crippen MR) is 76.1 cm³/mol. The second kappa shape index (κ2) is 5.10. The van der Waals surface area contributed by atoms with Crippen molar-refractivity contribution < 1.29 is 8.42 Å². The van der Waals surface area contributed by atoms with Crippen LogP contribution in [0.4, 0.5) is 5.69 Å². The third-order valence-electron chi connectivity index (χ3n) is 3.53. The van der Waals surface area contributed by atoms with Gasteiger partial charge in [-0.3, -0.25) is 0 Å². The van der Waals surface area contributed by atoms with E-state index in [1.165, 1.54) is 6.26 Å². The van der Waals surface area contributed by atoms with Crippen molar-refractivity contribution in [1.29, 1.82) is 0 Å². The number of benzene rings is 1. The minimum absolute atomic E-state index is 0.00114. The molecule has 3 nitrogen and oxygen atoms in total. The van der Waals surface area contributed by atoms with Gasteiger partial charge in [0, 0.05) is 23.0 Å². The molecule has 1 N–H and O–H groups in total. The van der Waals surface area contributed by atoms with Crippen LogP contribution in [0.1, 0.15) is 24.8 Å². The van der Waals surface area contributed by atoms with Gasteiger partial charge in [-0.15, -0.1) is 0 Å². The van der Waals surface area contributed by atoms with Crippen molar-refractivity contribution in [3.05, 3.63) is 28.8 Å². The first kappa shape index (κ1) is 13.7. The highest BCUT2D eigenvalue weighted by Gasteiger charge is 2.34. The average Bonchev–Trinajstić information content (AvgIpc) is 2.71. The molecule has 1 aliphatic carbocycles. The van der Waals surface area contributed by atoms with Gasteiger partial charge < -0.3 is 5.32 Å². The first-order chi connectivity index (χ1) is 8.38. The summed E-state index contributed by atoms with van der Waals surface area (Å²) in [5, 5.41) is 3.72. The molecule has 0 amide bonds. The van der Waals surface area contributed by atoms with Gasteiger partial charge in [-0.2, -0.15) is 0 Å². The summed E-state index contributed by atoms with van der Waals surface area (Å²) in [4.78, 5) is 0. The summed E-state index contributed by atoms with van der Waals surface area (Å²) in [7, 11) is -2.99. The molecule has 0 heterocycles. The molecule has 0 radical (unpaired) electrons. The highest BCUT2D eigenvalue weighted by atomic mass is 35.5. The smallest absolute Gasteiger partial charge is 0.152 e. The lowest BCUT2D eigenvalue weighted by Crippen LogP contribution is -2.34. The van der Waals surface area contributed by atoms with E-state index in [9.17, 15) is 8.42 Å². The lowest BCUT2D eigenvalue weighted by atomic mass is 10.2. The zero-order chi connectivity index (χ0) is 13.3. The number of sulfone groups is 1. The van der Waals surface area contributed by atoms with E-state index < -0.39 is 9.84 Å². The van der Waals surface area contributed by atoms with Crippen LogP contribution >= 0.6 is 11.6 Å². The largest absolute Gasteiger partial charge is 0.381 e. The maximum absolute atomic E-state index is 11.7. The Kier molecular flexibility index (Phi) is 3.87. The molecule has 1 saturated carbocycles. The molecule has 0 aliphatic heterocycles. The fraction of sp³-hybridized carbons (Fsp3) is 0.538. The van der Waals surface area contributed by atoms with Crippen molar-refractivity contribution >= 4 is 27.1 Å². The van der Waals surface area contributed by atoms with Crippen molar-refractivity contribution in [1.82, 2.24) is 0 Å². The van der Waals surface area contributed by atoms with Crippen molar-refractivity contribution in [2.45, 2.75) is 37.5 Å². The molecule has 5 heteroatoms. The fourth-order valence-electron chi connectivity index (χ4n) is 2.50. The maximum atomic E-state index is 11.7. The van der Waals surface area contributed by atoms with Crippen LogP contribution in [0.2, 0.25) is 5.02 Å². The number of hydrogen-bond donors (Lipinski definition) is 1. The average molecular weight is 288 g/mol. The summed E-state index contributed by atoms with van der Waals surface area (Å²) in [6, 6.07) is 5.74. The van der Waals surface area contributed by atoms with E-state index in [4.69, 9.17) is 11.6 Å². The molecule has 2 rings (SSSR count). The minimum Gasteiger partial charge on any atom is -0.381 e. The molecule has 0 saturated heterocycles. The van der Waals surface area contributed by atoms with Crippen LogP contribution in [0.5, 0.6) is 0 Å². The van der Waals surface area contributed by atoms with E-state index in [1.807, 2.05) is 25.1 Å². The van der Waals surface area contributed by atoms with Crippen molar-refractivity contribution in [2.75, 3.05) is 11.6 Å². The zero-order valence-corrected chi connectivity index (χ0v) is 12.2. The van der Waals surface area contributed by atoms with Gasteiger partial charge in [0.05, 0.1) is 5.25 Å². The molecule has 1 aromatic carbocycles. The maximum Gasteiger partial charge on any atom is 0.152 e. The Hall–Kier alpha value is -0.740. The molecule has 18 heavy (non-hydrogen) atoms. The van der Waals surface area contributed by atoms with Gasteiger partial charge in [0.15, 0.2) is 9.84 Å². The highest BCUT2D eigenvalue weighted by Crippen LogP contribution is 2.29. The van der Waals surface area contributed by atoms with Gasteiger partial charge in [0.25, 0.3) is 0 Å². The number of hydrogen-bond acceptors (Lipinski definition) is 3. The van der Waals surface area contributed by atoms with Gasteiger partial charge in [-0.05, 0) is 43.9 Å². The summed E-state index contributed by atoms with van der Waals surface area (Å²) in [5.74, 6) is 0. The Morgan fingerprint density at radius 2 is 2.06 bits per heavy atom. The SMILES string of the molecule is Cc1ccc(NC2CCCC2S(C)(=O)=O)cc1Cl. The number of halogens is 1. The molecule has 1 fully saturated rings. The third kappa shape index (κ3) is 2.98. The summed E-state index contributed by atoms with van der Waals surface area (Å²) in [6.45, 7) is 1.95. The number of rotatable bonds is 3. The van der Waals surface area contributed by atoms with Crippen LogP contribution in [0.3, 0.4) is 0 Å². The van der Waals surface area contributed by atoms with E-state index in [0.717, 1.165) is 30.5 Å². The van der Waals surface area contributed by atoms with Gasteiger partial charge in [0.2, 0.25) is 0 Å². The Morgan fingerprint density at radius 1 is 1.33 bits per heavy atom. The molecular formula is C13H18ClNO2S. The lowest BCUT2D eigenvalue weighted by molar-refractivity contribution is 0.579. The minimum atomic E-state index is -2.99. The van der Waals surface area contributed by atoms with Gasteiger partial charge in [-0.1, -0.05) is 17.7 Å². The third-order valence-corrected chi connectivity index (χ3v) is 5.60. The Balaban J connectivity index is 2.16. The second-order valence-electron chi connectivity index (χ2n) is 5.01. The lowest BCUT2D eigenvalue weighted by Gasteiger charge is -2.21. The molecule has 2 unspecified atom stereocenters. The van der Waals surface area contributed by atoms with E-state index in [2.05, 4.69) is 5.32 Å². The molecule has 1 aromatic rings. The molecule has 100 valence electrons. The van der Waals surface area contributed by atoms with E-state index in [0.29, 0.717) is 5.02 Å². The number of aryl methyl sites for hydroxylation is 1. The Morgan fingerprint density at radius 3 is 2.67 bits per heavy atom. The first-order valence-electron chi connectivity index (χ1n) is 6.09. The Labute approximate surface area is 113 Å². The fourth-order valence-corrected chi connectivity index (χ4v) is 4.08. The molecule has 0 aromatic heterocycles. The molecular weight excluding hydrogens is 270 g/mol. The van der Waals surface area contributed by atoms with Crippen molar-refractivity contribution in [2.24, 2.45) is 0 Å². The number of nitrogens with one attached hydrogen (secondary N) is 1. The van der Waals surface area contributed by atoms with Gasteiger partial charge in [-0.25, -0.2) is 8.42 Å². The van der Waals surface area contributed by atoms with E-state index in [1.54, 1.807) is 0 Å². The van der Waals surface area contributed by atoms with Gasteiger partial charge >= 0.3 is 0 Å². The van der Waals surface area contributed by atoms with Crippen LogP contribution in [0, 0.1) is 6.92 Å². The van der Waals surface area contributed by atoms with Gasteiger partial charge in [0.1, 0.15) is 0 Å². The topological polar surface area (TPSA) is 46.2 Å². The molecule has 1 aliphatic rings. The highest BCUT2D eigenvalue weighted by molar-refractivity contribution is 7.91. The standard InChI is InChI=1S/C13H18ClNO2S/c1-9-6-7-10(8-11(9)14)15-12-4-3-5-13(12)18(2,16)17/h6-8,12-13,15H,3-5H2,1-2H3. The van der Waals surface area contributed by atoms with Crippen LogP contribution < -0.4 is 5.32 Å². The van der Waals surface area contributed by atoms with E-state index >= 15 is 0 Å². The summed E-state index contributed by atoms with van der Waals surface area (Å²) < 4.78 is 23.4.